The molecule has 35 heavy (non-hydrogen) atoms. The molecule has 0 radical (unpaired) electrons. The highest BCUT2D eigenvalue weighted by Gasteiger charge is 2.34. The van der Waals surface area contributed by atoms with Gasteiger partial charge in [0, 0.05) is 32.0 Å². The zero-order chi connectivity index (χ0) is 25.2. The van der Waals surface area contributed by atoms with Crippen LogP contribution in [0.5, 0.6) is 0 Å². The number of amides is 1. The number of alkyl halides is 2. The van der Waals surface area contributed by atoms with Crippen LogP contribution in [0, 0.1) is 13.8 Å². The number of benzene rings is 3. The van der Waals surface area contributed by atoms with Crippen LogP contribution >= 0.6 is 23.4 Å². The molecule has 4 rings (SSSR count). The number of hydrogen-bond donors (Lipinski definition) is 1. The van der Waals surface area contributed by atoms with Crippen LogP contribution in [0.25, 0.3) is 10.9 Å². The lowest BCUT2D eigenvalue weighted by Crippen LogP contribution is -2.35. The van der Waals surface area contributed by atoms with Gasteiger partial charge in [0.15, 0.2) is 0 Å². The van der Waals surface area contributed by atoms with Crippen LogP contribution in [0.15, 0.2) is 76.7 Å². The Hall–Kier alpha value is -2.96. The van der Waals surface area contributed by atoms with Crippen molar-refractivity contribution in [1.82, 2.24) is 10.3 Å². The second-order valence-electron chi connectivity index (χ2n) is 8.47. The molecule has 0 unspecified atom stereocenters. The molecule has 0 aliphatic carbocycles. The average molecular weight is 511 g/mol. The third-order valence-electron chi connectivity index (χ3n) is 5.78. The van der Waals surface area contributed by atoms with Crippen molar-refractivity contribution >= 4 is 40.2 Å². The van der Waals surface area contributed by atoms with Gasteiger partial charge in [-0.25, -0.2) is 0 Å². The summed E-state index contributed by atoms with van der Waals surface area (Å²) in [6.07, 6.45) is 2.42. The molecule has 0 saturated carbocycles. The van der Waals surface area contributed by atoms with E-state index in [9.17, 15) is 4.79 Å². The van der Waals surface area contributed by atoms with Crippen molar-refractivity contribution < 1.29 is 13.6 Å². The van der Waals surface area contributed by atoms with Gasteiger partial charge < -0.3 is 5.32 Å². The largest absolute Gasteiger partial charge is 0.346 e. The Morgan fingerprint density at radius 3 is 2.60 bits per heavy atom. The van der Waals surface area contributed by atoms with Crippen LogP contribution in [0.3, 0.4) is 0 Å². The van der Waals surface area contributed by atoms with E-state index >= 15 is 8.78 Å². The van der Waals surface area contributed by atoms with Crippen LogP contribution in [0.4, 0.5) is 8.78 Å². The molecular formula is C28H25ClF2N2OS. The quantitative estimate of drug-likeness (QED) is 0.276. The van der Waals surface area contributed by atoms with Crippen LogP contribution in [0.1, 0.15) is 39.5 Å². The highest BCUT2D eigenvalue weighted by atomic mass is 35.5. The second-order valence-corrected chi connectivity index (χ2v) is 10.0. The minimum atomic E-state index is -3.22. The zero-order valence-electron chi connectivity index (χ0n) is 19.7. The standard InChI is InChI=1S/C28H25ClF2N2OS/c1-4-19-12-20(29)14-21(13-19)35-25-15-32-24-8-6-5-7-22(24)26(25)27(34)33-16-28(30,31)23-10-9-17(2)11-18(23)3/h5-15H,4,16H2,1-3H3,(H,33,34). The van der Waals surface area contributed by atoms with Gasteiger partial charge >= 0.3 is 0 Å². The van der Waals surface area contributed by atoms with Crippen molar-refractivity contribution in [3.63, 3.8) is 0 Å². The molecule has 3 nitrogen and oxygen atoms in total. The van der Waals surface area contributed by atoms with Crippen molar-refractivity contribution in [1.29, 1.82) is 0 Å². The van der Waals surface area contributed by atoms with E-state index in [0.29, 0.717) is 31.9 Å². The summed E-state index contributed by atoms with van der Waals surface area (Å²) in [5, 5.41) is 3.67. The number of halogens is 3. The highest BCUT2D eigenvalue weighted by molar-refractivity contribution is 7.99. The SMILES string of the molecule is CCc1cc(Cl)cc(Sc2cnc3ccccc3c2C(=O)NCC(F)(F)c2ccc(C)cc2C)c1. The number of aryl methyl sites for hydroxylation is 3. The summed E-state index contributed by atoms with van der Waals surface area (Å²) >= 11 is 7.62. The minimum Gasteiger partial charge on any atom is -0.346 e. The van der Waals surface area contributed by atoms with Gasteiger partial charge in [0.2, 0.25) is 0 Å². The molecule has 180 valence electrons. The molecular weight excluding hydrogens is 486 g/mol. The Labute approximate surface area is 212 Å². The Kier molecular flexibility index (Phi) is 7.43. The van der Waals surface area contributed by atoms with Crippen molar-refractivity contribution in [3.8, 4) is 0 Å². The summed E-state index contributed by atoms with van der Waals surface area (Å²) < 4.78 is 30.1. The number of fused-ring (bicyclic) bond motifs is 1. The van der Waals surface area contributed by atoms with Crippen molar-refractivity contribution in [2.45, 2.75) is 42.9 Å². The number of pyridine rings is 1. The normalized spacial score (nSPS) is 11.6. The highest BCUT2D eigenvalue weighted by Crippen LogP contribution is 2.36. The first-order valence-electron chi connectivity index (χ1n) is 11.3. The van der Waals surface area contributed by atoms with E-state index in [1.165, 1.54) is 17.8 Å². The second kappa shape index (κ2) is 10.3. The van der Waals surface area contributed by atoms with E-state index in [0.717, 1.165) is 22.4 Å². The number of rotatable bonds is 7. The van der Waals surface area contributed by atoms with Crippen LogP contribution < -0.4 is 5.32 Å². The fourth-order valence-electron chi connectivity index (χ4n) is 4.04. The summed E-state index contributed by atoms with van der Waals surface area (Å²) in [7, 11) is 0. The fourth-order valence-corrected chi connectivity index (χ4v) is 5.43. The predicted octanol–water partition coefficient (Wildman–Crippen LogP) is 7.74. The zero-order valence-corrected chi connectivity index (χ0v) is 21.2. The van der Waals surface area contributed by atoms with Gasteiger partial charge in [-0.05, 0) is 55.7 Å². The summed E-state index contributed by atoms with van der Waals surface area (Å²) in [6, 6.07) is 17.7. The van der Waals surface area contributed by atoms with E-state index in [1.54, 1.807) is 43.5 Å². The first kappa shape index (κ1) is 25.1. The van der Waals surface area contributed by atoms with Gasteiger partial charge in [-0.1, -0.05) is 72.2 Å². The molecule has 0 saturated heterocycles. The van der Waals surface area contributed by atoms with Gasteiger partial charge in [-0.2, -0.15) is 8.78 Å². The molecule has 1 N–H and O–H groups in total. The van der Waals surface area contributed by atoms with Gasteiger partial charge in [0.05, 0.1) is 17.6 Å². The Bertz CT molecular complexity index is 1410. The van der Waals surface area contributed by atoms with Crippen molar-refractivity contribution in [3.05, 3.63) is 99.7 Å². The maximum absolute atomic E-state index is 15.1. The number of hydrogen-bond acceptors (Lipinski definition) is 3. The Morgan fingerprint density at radius 1 is 1.09 bits per heavy atom. The molecule has 0 atom stereocenters. The van der Waals surface area contributed by atoms with Crippen LogP contribution in [0.2, 0.25) is 5.02 Å². The van der Waals surface area contributed by atoms with Gasteiger partial charge in [-0.15, -0.1) is 0 Å². The molecule has 0 fully saturated rings. The molecule has 0 aliphatic rings. The number of nitrogens with zero attached hydrogens (tertiary/aromatic N) is 1. The third kappa shape index (κ3) is 5.65. The molecule has 0 aliphatic heterocycles. The molecule has 0 spiro atoms. The number of aromatic nitrogens is 1. The maximum Gasteiger partial charge on any atom is 0.290 e. The van der Waals surface area contributed by atoms with E-state index in [2.05, 4.69) is 10.3 Å². The van der Waals surface area contributed by atoms with E-state index in [4.69, 9.17) is 11.6 Å². The molecule has 3 aromatic carbocycles. The van der Waals surface area contributed by atoms with Gasteiger partial charge in [-0.3, -0.25) is 9.78 Å². The number of nitrogens with one attached hydrogen (secondary N) is 1. The molecule has 1 amide bonds. The van der Waals surface area contributed by atoms with Gasteiger partial charge in [0.1, 0.15) is 0 Å². The first-order valence-corrected chi connectivity index (χ1v) is 12.5. The molecule has 7 heteroatoms. The summed E-state index contributed by atoms with van der Waals surface area (Å²) in [4.78, 5) is 19.3. The lowest BCUT2D eigenvalue weighted by molar-refractivity contribution is -0.00308. The molecule has 1 aromatic heterocycles. The number of carbonyl (C=O) groups excluding carboxylic acids is 1. The monoisotopic (exact) mass is 510 g/mol. The van der Waals surface area contributed by atoms with Crippen LogP contribution in [-0.2, 0) is 12.3 Å². The number of para-hydroxylation sites is 1. The summed E-state index contributed by atoms with van der Waals surface area (Å²) in [5.41, 5.74) is 3.29. The molecule has 1 heterocycles. The number of carbonyl (C=O) groups is 1. The summed E-state index contributed by atoms with van der Waals surface area (Å²) in [5.74, 6) is -3.79. The van der Waals surface area contributed by atoms with Crippen molar-refractivity contribution in [2.75, 3.05) is 6.54 Å². The Balaban J connectivity index is 1.68. The topological polar surface area (TPSA) is 42.0 Å². The average Bonchev–Trinajstić information content (AvgIpc) is 2.81. The maximum atomic E-state index is 15.1. The van der Waals surface area contributed by atoms with Crippen molar-refractivity contribution in [2.24, 2.45) is 0 Å². The molecule has 0 bridgehead atoms. The lowest BCUT2D eigenvalue weighted by Gasteiger charge is -2.20. The predicted molar refractivity (Wildman–Crippen MR) is 139 cm³/mol. The molecule has 4 aromatic rings. The van der Waals surface area contributed by atoms with Crippen LogP contribution in [-0.4, -0.2) is 17.4 Å². The first-order chi connectivity index (χ1) is 16.7. The summed E-state index contributed by atoms with van der Waals surface area (Å²) in [6.45, 7) is 4.73. The van der Waals surface area contributed by atoms with E-state index in [1.807, 2.05) is 38.1 Å². The smallest absolute Gasteiger partial charge is 0.290 e. The third-order valence-corrected chi connectivity index (χ3v) is 7.00. The van der Waals surface area contributed by atoms with Gasteiger partial charge in [0.25, 0.3) is 11.8 Å². The minimum absolute atomic E-state index is 0.0939. The van der Waals surface area contributed by atoms with E-state index in [-0.39, 0.29) is 5.56 Å². The Morgan fingerprint density at radius 2 is 1.86 bits per heavy atom. The fraction of sp³-hybridized carbons (Fsp3) is 0.214. The lowest BCUT2D eigenvalue weighted by atomic mass is 10.00. The van der Waals surface area contributed by atoms with E-state index < -0.39 is 18.4 Å².